The fraction of sp³-hybridized carbons (Fsp3) is 0.333. The molecule has 2 aromatic carbocycles. The van der Waals surface area contributed by atoms with Crippen molar-refractivity contribution in [2.75, 3.05) is 0 Å². The summed E-state index contributed by atoms with van der Waals surface area (Å²) in [5.74, 6) is -0.531. The summed E-state index contributed by atoms with van der Waals surface area (Å²) in [6.45, 7) is 1.86. The van der Waals surface area contributed by atoms with E-state index in [2.05, 4.69) is 15.1 Å². The lowest BCUT2D eigenvalue weighted by Gasteiger charge is -2.29. The third-order valence-electron chi connectivity index (χ3n) is 6.06. The summed E-state index contributed by atoms with van der Waals surface area (Å²) in [6, 6.07) is 14.0. The second-order valence-corrected chi connectivity index (χ2v) is 10.1. The van der Waals surface area contributed by atoms with E-state index < -0.39 is 10.0 Å². The third-order valence-corrected chi connectivity index (χ3v) is 7.60. The summed E-state index contributed by atoms with van der Waals surface area (Å²) in [4.78, 5) is 12.9. The van der Waals surface area contributed by atoms with Crippen molar-refractivity contribution in [3.8, 4) is 5.69 Å². The molecule has 2 N–H and O–H groups in total. The Morgan fingerprint density at radius 3 is 2.33 bits per heavy atom. The molecule has 1 unspecified atom stereocenters. The number of nitrogens with one attached hydrogen (secondary N) is 2. The van der Waals surface area contributed by atoms with Gasteiger partial charge in [-0.25, -0.2) is 22.2 Å². The van der Waals surface area contributed by atoms with Crippen LogP contribution in [0.15, 0.2) is 71.9 Å². The van der Waals surface area contributed by atoms with Gasteiger partial charge in [0.1, 0.15) is 5.82 Å². The Morgan fingerprint density at radius 2 is 1.73 bits per heavy atom. The van der Waals surface area contributed by atoms with Gasteiger partial charge in [-0.3, -0.25) is 4.79 Å². The highest BCUT2D eigenvalue weighted by atomic mass is 32.2. The smallest absolute Gasteiger partial charge is 0.240 e. The van der Waals surface area contributed by atoms with Crippen molar-refractivity contribution in [3.05, 3.63) is 78.4 Å². The van der Waals surface area contributed by atoms with Crippen LogP contribution in [0.2, 0.25) is 0 Å². The first-order valence-electron chi connectivity index (χ1n) is 11.0. The van der Waals surface area contributed by atoms with E-state index in [9.17, 15) is 17.6 Å². The standard InChI is InChI=1S/C24H27FN4O3S/c1-17(18-3-7-20(25)8-4-18)27-24(30)19-5-9-21(10-6-19)28-33(31,32)23-13-11-22(12-14-23)29-16-2-15-26-29/h2-4,7-8,11-17,19,21,28H,5-6,9-10H2,1H3,(H,27,30). The van der Waals surface area contributed by atoms with Gasteiger partial charge in [-0.15, -0.1) is 0 Å². The maximum atomic E-state index is 13.1. The SMILES string of the molecule is CC(NC(=O)C1CCC(NS(=O)(=O)c2ccc(-n3cccn3)cc2)CC1)c1ccc(F)cc1. The molecule has 7 nitrogen and oxygen atoms in total. The second-order valence-electron chi connectivity index (χ2n) is 8.40. The topological polar surface area (TPSA) is 93.1 Å². The number of halogens is 1. The zero-order valence-electron chi connectivity index (χ0n) is 18.3. The minimum absolute atomic E-state index is 0.0534. The van der Waals surface area contributed by atoms with E-state index in [1.807, 2.05) is 6.92 Å². The minimum Gasteiger partial charge on any atom is -0.349 e. The van der Waals surface area contributed by atoms with Crippen LogP contribution in [0.1, 0.15) is 44.2 Å². The molecule has 33 heavy (non-hydrogen) atoms. The molecule has 1 aliphatic rings. The van der Waals surface area contributed by atoms with Gasteiger partial charge in [0.25, 0.3) is 0 Å². The van der Waals surface area contributed by atoms with Gasteiger partial charge in [0.15, 0.2) is 0 Å². The Hall–Kier alpha value is -3.04. The fourth-order valence-electron chi connectivity index (χ4n) is 4.13. The first-order valence-corrected chi connectivity index (χ1v) is 12.5. The van der Waals surface area contributed by atoms with Crippen LogP contribution in [0.4, 0.5) is 4.39 Å². The quantitative estimate of drug-likeness (QED) is 0.550. The highest BCUT2D eigenvalue weighted by molar-refractivity contribution is 7.89. The highest BCUT2D eigenvalue weighted by Crippen LogP contribution is 2.27. The van der Waals surface area contributed by atoms with Crippen LogP contribution in [0.25, 0.3) is 5.69 Å². The van der Waals surface area contributed by atoms with E-state index in [4.69, 9.17) is 0 Å². The number of sulfonamides is 1. The minimum atomic E-state index is -3.65. The number of amides is 1. The van der Waals surface area contributed by atoms with Crippen molar-refractivity contribution in [3.63, 3.8) is 0 Å². The molecular weight excluding hydrogens is 443 g/mol. The number of nitrogens with zero attached hydrogens (tertiary/aromatic N) is 2. The van der Waals surface area contributed by atoms with E-state index >= 15 is 0 Å². The average molecular weight is 471 g/mol. The third kappa shape index (κ3) is 5.66. The molecule has 1 amide bonds. The molecular formula is C24H27FN4O3S. The molecule has 0 saturated heterocycles. The van der Waals surface area contributed by atoms with Gasteiger partial charge in [0.2, 0.25) is 15.9 Å². The number of hydrogen-bond donors (Lipinski definition) is 2. The molecule has 0 bridgehead atoms. The fourth-order valence-corrected chi connectivity index (χ4v) is 5.43. The van der Waals surface area contributed by atoms with Gasteiger partial charge < -0.3 is 5.32 Å². The monoisotopic (exact) mass is 470 g/mol. The number of hydrogen-bond acceptors (Lipinski definition) is 4. The molecule has 1 heterocycles. The normalized spacial score (nSPS) is 19.7. The summed E-state index contributed by atoms with van der Waals surface area (Å²) < 4.78 is 43.1. The van der Waals surface area contributed by atoms with Gasteiger partial charge in [-0.2, -0.15) is 5.10 Å². The Kier molecular flexibility index (Phi) is 6.90. The first-order chi connectivity index (χ1) is 15.8. The van der Waals surface area contributed by atoms with E-state index in [0.717, 1.165) is 11.3 Å². The lowest BCUT2D eigenvalue weighted by Crippen LogP contribution is -2.41. The Morgan fingerprint density at radius 1 is 1.06 bits per heavy atom. The average Bonchev–Trinajstić information content (AvgIpc) is 3.35. The van der Waals surface area contributed by atoms with Gasteiger partial charge in [-0.05, 0) is 80.6 Å². The van der Waals surface area contributed by atoms with Gasteiger partial charge in [-0.1, -0.05) is 12.1 Å². The number of carbonyl (C=O) groups excluding carboxylic acids is 1. The summed E-state index contributed by atoms with van der Waals surface area (Å²) >= 11 is 0. The van der Waals surface area contributed by atoms with Crippen LogP contribution in [0.5, 0.6) is 0 Å². The molecule has 9 heteroatoms. The zero-order valence-corrected chi connectivity index (χ0v) is 19.1. The molecule has 1 fully saturated rings. The second kappa shape index (κ2) is 9.84. The van der Waals surface area contributed by atoms with Crippen LogP contribution in [-0.4, -0.2) is 30.1 Å². The lowest BCUT2D eigenvalue weighted by molar-refractivity contribution is -0.126. The molecule has 1 saturated carbocycles. The molecule has 174 valence electrons. The highest BCUT2D eigenvalue weighted by Gasteiger charge is 2.29. The summed E-state index contributed by atoms with van der Waals surface area (Å²) in [5, 5.41) is 7.12. The molecule has 1 aromatic heterocycles. The molecule has 0 radical (unpaired) electrons. The Labute approximate surface area is 193 Å². The predicted molar refractivity (Wildman–Crippen MR) is 123 cm³/mol. The molecule has 0 spiro atoms. The Balaban J connectivity index is 1.29. The van der Waals surface area contributed by atoms with Crippen molar-refractivity contribution >= 4 is 15.9 Å². The maximum Gasteiger partial charge on any atom is 0.240 e. The predicted octanol–water partition coefficient (Wildman–Crippen LogP) is 3.73. The summed E-state index contributed by atoms with van der Waals surface area (Å²) in [6.07, 6.45) is 5.84. The molecule has 0 aliphatic heterocycles. The van der Waals surface area contributed by atoms with Crippen molar-refractivity contribution in [1.82, 2.24) is 19.8 Å². The van der Waals surface area contributed by atoms with E-state index in [0.29, 0.717) is 25.7 Å². The van der Waals surface area contributed by atoms with Crippen LogP contribution in [0, 0.1) is 11.7 Å². The van der Waals surface area contributed by atoms with Crippen molar-refractivity contribution in [2.24, 2.45) is 5.92 Å². The van der Waals surface area contributed by atoms with E-state index in [1.165, 1.54) is 12.1 Å². The number of carbonyl (C=O) groups is 1. The largest absolute Gasteiger partial charge is 0.349 e. The number of rotatable bonds is 7. The van der Waals surface area contributed by atoms with Crippen molar-refractivity contribution in [1.29, 1.82) is 0 Å². The maximum absolute atomic E-state index is 13.1. The first kappa shape index (κ1) is 23.1. The number of benzene rings is 2. The zero-order chi connectivity index (χ0) is 23.4. The van der Waals surface area contributed by atoms with Crippen molar-refractivity contribution in [2.45, 2.75) is 49.6 Å². The van der Waals surface area contributed by atoms with Crippen LogP contribution < -0.4 is 10.0 Å². The lowest BCUT2D eigenvalue weighted by atomic mass is 9.85. The molecule has 4 rings (SSSR count). The number of aromatic nitrogens is 2. The van der Waals surface area contributed by atoms with Gasteiger partial charge in [0, 0.05) is 24.4 Å². The van der Waals surface area contributed by atoms with Crippen molar-refractivity contribution < 1.29 is 17.6 Å². The summed E-state index contributed by atoms with van der Waals surface area (Å²) in [5.41, 5.74) is 1.62. The van der Waals surface area contributed by atoms with Crippen LogP contribution in [-0.2, 0) is 14.8 Å². The Bertz CT molecular complexity index is 1170. The summed E-state index contributed by atoms with van der Waals surface area (Å²) in [7, 11) is -3.65. The van der Waals surface area contributed by atoms with Gasteiger partial charge in [0.05, 0.1) is 16.6 Å². The van der Waals surface area contributed by atoms with Crippen LogP contribution >= 0.6 is 0 Å². The molecule has 1 atom stereocenters. The van der Waals surface area contributed by atoms with E-state index in [-0.39, 0.29) is 34.6 Å². The van der Waals surface area contributed by atoms with Gasteiger partial charge >= 0.3 is 0 Å². The van der Waals surface area contributed by atoms with Crippen LogP contribution in [0.3, 0.4) is 0 Å². The van der Waals surface area contributed by atoms with E-state index in [1.54, 1.807) is 59.5 Å². The molecule has 3 aromatic rings. The molecule has 1 aliphatic carbocycles.